The van der Waals surface area contributed by atoms with E-state index < -0.39 is 0 Å². The monoisotopic (exact) mass is 386 g/mol. The van der Waals surface area contributed by atoms with Crippen LogP contribution in [0.1, 0.15) is 13.3 Å². The Morgan fingerprint density at radius 2 is 2.04 bits per heavy atom. The van der Waals surface area contributed by atoms with Gasteiger partial charge in [0.1, 0.15) is 18.2 Å². The maximum Gasteiger partial charge on any atom is 0.325 e. The highest BCUT2D eigenvalue weighted by Crippen LogP contribution is 2.37. The second-order valence-electron chi connectivity index (χ2n) is 6.80. The van der Waals surface area contributed by atoms with Gasteiger partial charge in [0.15, 0.2) is 0 Å². The third kappa shape index (κ3) is 3.54. The zero-order valence-corrected chi connectivity index (χ0v) is 16.1. The molecule has 1 unspecified atom stereocenters. The van der Waals surface area contributed by atoms with Gasteiger partial charge in [0.25, 0.3) is 0 Å². The number of aromatic nitrogens is 1. The third-order valence-corrected chi connectivity index (χ3v) is 5.41. The molecular weight excluding hydrogens is 364 g/mol. The Labute approximate surface area is 164 Å². The summed E-state index contributed by atoms with van der Waals surface area (Å²) in [4.78, 5) is 23.8. The van der Waals surface area contributed by atoms with E-state index in [2.05, 4.69) is 16.8 Å². The van der Waals surface area contributed by atoms with Crippen molar-refractivity contribution in [2.24, 2.45) is 0 Å². The lowest BCUT2D eigenvalue weighted by molar-refractivity contribution is 0.187. The summed E-state index contributed by atoms with van der Waals surface area (Å²) in [6, 6.07) is 11.4. The summed E-state index contributed by atoms with van der Waals surface area (Å²) in [7, 11) is 0. The molecule has 0 saturated carbocycles. The van der Waals surface area contributed by atoms with Gasteiger partial charge in [-0.05, 0) is 30.7 Å². The van der Waals surface area contributed by atoms with Crippen molar-refractivity contribution in [2.75, 3.05) is 42.6 Å². The molecule has 0 bridgehead atoms. The summed E-state index contributed by atoms with van der Waals surface area (Å²) in [6.45, 7) is 5.46. The maximum atomic E-state index is 13.3. The Morgan fingerprint density at radius 1 is 1.22 bits per heavy atom. The molecule has 1 saturated heterocycles. The number of rotatable bonds is 2. The van der Waals surface area contributed by atoms with Gasteiger partial charge in [-0.25, -0.2) is 9.78 Å². The number of carbonyl (C=O) groups excluding carboxylic acids is 1. The first-order valence-electron chi connectivity index (χ1n) is 9.34. The van der Waals surface area contributed by atoms with Crippen molar-refractivity contribution in [1.29, 1.82) is 0 Å². The van der Waals surface area contributed by atoms with Gasteiger partial charge in [0.2, 0.25) is 0 Å². The first-order chi connectivity index (χ1) is 13.2. The number of benzene rings is 1. The Hall–Kier alpha value is -2.47. The van der Waals surface area contributed by atoms with Crippen molar-refractivity contribution in [3.05, 3.63) is 47.6 Å². The van der Waals surface area contributed by atoms with Crippen LogP contribution in [-0.2, 0) is 0 Å². The van der Waals surface area contributed by atoms with Gasteiger partial charge >= 0.3 is 6.03 Å². The Balaban J connectivity index is 1.51. The number of halogens is 1. The molecule has 0 radical (unpaired) electrons. The van der Waals surface area contributed by atoms with E-state index in [-0.39, 0.29) is 12.1 Å². The van der Waals surface area contributed by atoms with E-state index in [1.807, 2.05) is 34.1 Å². The number of pyridine rings is 1. The number of ether oxygens (including phenoxy) is 1. The highest BCUT2D eigenvalue weighted by Gasteiger charge is 2.35. The molecule has 1 aromatic heterocycles. The summed E-state index contributed by atoms with van der Waals surface area (Å²) in [5.41, 5.74) is 0.801. The number of fused-ring (bicyclic) bond motifs is 1. The molecule has 2 aliphatic heterocycles. The summed E-state index contributed by atoms with van der Waals surface area (Å²) >= 11 is 6.09. The first-order valence-corrected chi connectivity index (χ1v) is 9.71. The molecule has 0 aliphatic carbocycles. The number of anilines is 2. The fourth-order valence-corrected chi connectivity index (χ4v) is 3.80. The van der Waals surface area contributed by atoms with Crippen LogP contribution >= 0.6 is 11.6 Å². The molecule has 2 aliphatic rings. The molecule has 1 fully saturated rings. The zero-order chi connectivity index (χ0) is 18.8. The second kappa shape index (κ2) is 7.64. The van der Waals surface area contributed by atoms with Crippen LogP contribution < -0.4 is 14.5 Å². The number of carbonyl (C=O) groups is 1. The third-order valence-electron chi connectivity index (χ3n) is 5.18. The van der Waals surface area contributed by atoms with Crippen LogP contribution in [0.15, 0.2) is 42.6 Å². The minimum atomic E-state index is 0.0278. The predicted octanol–water partition coefficient (Wildman–Crippen LogP) is 3.65. The van der Waals surface area contributed by atoms with Crippen LogP contribution in [0.2, 0.25) is 5.02 Å². The Kier molecular flexibility index (Phi) is 5.07. The van der Waals surface area contributed by atoms with Crippen LogP contribution in [0, 0.1) is 0 Å². The number of amides is 2. The van der Waals surface area contributed by atoms with Crippen molar-refractivity contribution in [2.45, 2.75) is 19.4 Å². The smallest absolute Gasteiger partial charge is 0.325 e. The molecule has 27 heavy (non-hydrogen) atoms. The van der Waals surface area contributed by atoms with Crippen LogP contribution in [0.5, 0.6) is 5.75 Å². The van der Waals surface area contributed by atoms with Gasteiger partial charge in [-0.2, -0.15) is 0 Å². The molecular formula is C20H23ClN4O2. The number of hydrogen-bond donors (Lipinski definition) is 0. The molecule has 1 atom stereocenters. The molecule has 4 rings (SSSR count). The fraction of sp³-hybridized carbons (Fsp3) is 0.400. The summed E-state index contributed by atoms with van der Waals surface area (Å²) in [6.07, 6.45) is 2.64. The predicted molar refractivity (Wildman–Crippen MR) is 107 cm³/mol. The van der Waals surface area contributed by atoms with Gasteiger partial charge in [-0.3, -0.25) is 4.90 Å². The summed E-state index contributed by atoms with van der Waals surface area (Å²) in [5.74, 6) is 1.63. The molecule has 3 heterocycles. The normalized spacial score (nSPS) is 19.5. The Bertz CT molecular complexity index is 809. The molecule has 0 spiro atoms. The van der Waals surface area contributed by atoms with Gasteiger partial charge in [-0.15, -0.1) is 0 Å². The van der Waals surface area contributed by atoms with Crippen LogP contribution in [0.4, 0.5) is 16.3 Å². The number of urea groups is 1. The van der Waals surface area contributed by atoms with E-state index in [1.165, 1.54) is 0 Å². The van der Waals surface area contributed by atoms with Gasteiger partial charge in [0, 0.05) is 43.5 Å². The summed E-state index contributed by atoms with van der Waals surface area (Å²) in [5, 5.41) is 0.611. The standard InChI is InChI=1S/C20H23ClN4O2/c1-2-16-14-27-18-13-15(21)6-7-17(18)25(16)20(26)24-11-9-23(10-12-24)19-5-3-4-8-22-19/h3-8,13,16H,2,9-12,14H2,1H3. The first kappa shape index (κ1) is 17.9. The van der Waals surface area contributed by atoms with E-state index in [0.717, 1.165) is 31.0 Å². The van der Waals surface area contributed by atoms with Crippen molar-refractivity contribution in [3.8, 4) is 5.75 Å². The fourth-order valence-electron chi connectivity index (χ4n) is 3.64. The molecule has 6 nitrogen and oxygen atoms in total. The molecule has 1 aromatic carbocycles. The zero-order valence-electron chi connectivity index (χ0n) is 15.3. The molecule has 0 N–H and O–H groups in total. The van der Waals surface area contributed by atoms with E-state index in [0.29, 0.717) is 30.5 Å². The van der Waals surface area contributed by atoms with Crippen molar-refractivity contribution >= 4 is 29.1 Å². The maximum absolute atomic E-state index is 13.3. The average molecular weight is 387 g/mol. The molecule has 142 valence electrons. The van der Waals surface area contributed by atoms with E-state index in [9.17, 15) is 4.79 Å². The lowest BCUT2D eigenvalue weighted by atomic mass is 10.1. The van der Waals surface area contributed by atoms with Crippen LogP contribution in [0.3, 0.4) is 0 Å². The minimum Gasteiger partial charge on any atom is -0.489 e. The second-order valence-corrected chi connectivity index (χ2v) is 7.24. The number of piperazine rings is 1. The van der Waals surface area contributed by atoms with E-state index in [4.69, 9.17) is 16.3 Å². The number of hydrogen-bond acceptors (Lipinski definition) is 4. The van der Waals surface area contributed by atoms with Crippen LogP contribution in [-0.4, -0.2) is 54.7 Å². The largest absolute Gasteiger partial charge is 0.489 e. The summed E-state index contributed by atoms with van der Waals surface area (Å²) < 4.78 is 5.84. The quantitative estimate of drug-likeness (QED) is 0.790. The van der Waals surface area contributed by atoms with Crippen molar-refractivity contribution in [1.82, 2.24) is 9.88 Å². The van der Waals surface area contributed by atoms with Crippen LogP contribution in [0.25, 0.3) is 0 Å². The molecule has 7 heteroatoms. The van der Waals surface area contributed by atoms with E-state index >= 15 is 0 Å². The topological polar surface area (TPSA) is 48.9 Å². The van der Waals surface area contributed by atoms with Crippen molar-refractivity contribution in [3.63, 3.8) is 0 Å². The van der Waals surface area contributed by atoms with Gasteiger partial charge in [-0.1, -0.05) is 24.6 Å². The van der Waals surface area contributed by atoms with Crippen molar-refractivity contribution < 1.29 is 9.53 Å². The molecule has 2 amide bonds. The number of nitrogens with zero attached hydrogens (tertiary/aromatic N) is 4. The average Bonchev–Trinajstić information content (AvgIpc) is 2.73. The SMILES string of the molecule is CCC1COc2cc(Cl)ccc2N1C(=O)N1CCN(c2ccccn2)CC1. The lowest BCUT2D eigenvalue weighted by Crippen LogP contribution is -2.57. The van der Waals surface area contributed by atoms with E-state index in [1.54, 1.807) is 18.3 Å². The molecule has 2 aromatic rings. The highest BCUT2D eigenvalue weighted by molar-refractivity contribution is 6.30. The lowest BCUT2D eigenvalue weighted by Gasteiger charge is -2.42. The Morgan fingerprint density at radius 3 is 2.74 bits per heavy atom. The van der Waals surface area contributed by atoms with Gasteiger partial charge in [0.05, 0.1) is 11.7 Å². The minimum absolute atomic E-state index is 0.0278. The van der Waals surface area contributed by atoms with Gasteiger partial charge < -0.3 is 14.5 Å². The highest BCUT2D eigenvalue weighted by atomic mass is 35.5.